The Morgan fingerprint density at radius 3 is 1.48 bits per heavy atom. The second-order valence-electron chi connectivity index (χ2n) is 13.0. The van der Waals surface area contributed by atoms with Crippen molar-refractivity contribution in [1.82, 2.24) is 19.9 Å². The van der Waals surface area contributed by atoms with Gasteiger partial charge < -0.3 is 30.3 Å². The molecule has 0 amide bonds. The van der Waals surface area contributed by atoms with E-state index in [1.165, 1.54) is 60.1 Å². The van der Waals surface area contributed by atoms with Crippen molar-refractivity contribution < 1.29 is 61.2 Å². The van der Waals surface area contributed by atoms with Gasteiger partial charge >= 0.3 is 25.7 Å². The summed E-state index contributed by atoms with van der Waals surface area (Å²) in [6.07, 6.45) is 0.0138. The number of hydrogen-bond acceptors (Lipinski definition) is 13. The van der Waals surface area contributed by atoms with Crippen LogP contribution in [0.1, 0.15) is 27.9 Å². The molecule has 4 aromatic heterocycles. The molecule has 0 saturated heterocycles. The first-order valence-corrected chi connectivity index (χ1v) is 18.3. The second kappa shape index (κ2) is 23.6. The number of carbonyl (C=O) groups excluding carboxylic acids is 3. The van der Waals surface area contributed by atoms with Gasteiger partial charge in [-0.3, -0.25) is 34.7 Å². The van der Waals surface area contributed by atoms with E-state index in [0.29, 0.717) is 47.5 Å². The Balaban J connectivity index is 0.000000315. The third-order valence-electron chi connectivity index (χ3n) is 8.14. The van der Waals surface area contributed by atoms with Gasteiger partial charge in [0, 0.05) is 65.6 Å². The zero-order chi connectivity index (χ0) is 45.4. The molecule has 0 saturated carbocycles. The van der Waals surface area contributed by atoms with E-state index in [1.807, 2.05) is 56.9 Å². The maximum atomic E-state index is 12.7. The minimum atomic E-state index is -4.81. The molecule has 0 aliphatic heterocycles. The van der Waals surface area contributed by atoms with E-state index in [9.17, 15) is 27.6 Å². The molecule has 6 aromatic rings. The number of rotatable bonds is 13. The fourth-order valence-corrected chi connectivity index (χ4v) is 5.86. The number of nitrogens with zero attached hydrogens (tertiary/aromatic N) is 6. The van der Waals surface area contributed by atoms with Crippen LogP contribution in [0.5, 0.6) is 17.2 Å². The minimum Gasteiger partial charge on any atom is -0.753 e. The van der Waals surface area contributed by atoms with Crippen molar-refractivity contribution in [3.8, 4) is 40.0 Å². The number of pyridine rings is 4. The normalized spacial score (nSPS) is 10.5. The number of carbonyl (C=O) groups is 3. The van der Waals surface area contributed by atoms with E-state index in [1.54, 1.807) is 12.1 Å². The van der Waals surface area contributed by atoms with Gasteiger partial charge in [-0.1, -0.05) is 24.4 Å². The SMILES string of the molecule is Cc1cc(C)cc(N(c2cc(C)cc(C)c2)c2ccnc(/C([NH-])=C/C(=N)C(F)(F)F)c2)c1.O=COc1ccnc(-c2cc(OC=O)cc(-c3cc(OC=O)ccn3)n2)c1.[N-]=C=S.[Ru+2]. The number of anilines is 3. The van der Waals surface area contributed by atoms with Crippen molar-refractivity contribution in [3.63, 3.8) is 0 Å². The van der Waals surface area contributed by atoms with Gasteiger partial charge in [-0.15, -0.1) is 5.70 Å². The number of benzene rings is 2. The van der Waals surface area contributed by atoms with Crippen LogP contribution in [0.2, 0.25) is 0 Å². The predicted octanol–water partition coefficient (Wildman–Crippen LogP) is 10.2. The number of nitrogens with one attached hydrogen (secondary N) is 2. The molecule has 19 heteroatoms. The number of aryl methyl sites for hydroxylation is 4. The van der Waals surface area contributed by atoms with Gasteiger partial charge in [0.05, 0.1) is 22.8 Å². The molecule has 0 bridgehead atoms. The van der Waals surface area contributed by atoms with E-state index in [0.717, 1.165) is 33.6 Å². The Morgan fingerprint density at radius 2 is 1.06 bits per heavy atom. The smallest absolute Gasteiger partial charge is 0.753 e. The van der Waals surface area contributed by atoms with Crippen LogP contribution in [0.15, 0.2) is 110 Å². The number of ether oxygens (including phenoxy) is 3. The summed E-state index contributed by atoms with van der Waals surface area (Å²) in [7, 11) is 0. The second-order valence-corrected chi connectivity index (χ2v) is 13.1. The first-order chi connectivity index (χ1) is 29.6. The van der Waals surface area contributed by atoms with E-state index in [4.69, 9.17) is 30.8 Å². The molecule has 2 aromatic carbocycles. The van der Waals surface area contributed by atoms with Crippen LogP contribution in [0.4, 0.5) is 30.2 Å². The van der Waals surface area contributed by atoms with Crippen molar-refractivity contribution in [2.24, 2.45) is 0 Å². The topological polar surface area (TPSA) is 204 Å². The van der Waals surface area contributed by atoms with Crippen LogP contribution in [-0.2, 0) is 33.9 Å². The third kappa shape index (κ3) is 14.7. The molecule has 0 fully saturated rings. The van der Waals surface area contributed by atoms with Crippen molar-refractivity contribution in [3.05, 3.63) is 149 Å². The van der Waals surface area contributed by atoms with E-state index < -0.39 is 17.6 Å². The van der Waals surface area contributed by atoms with Gasteiger partial charge in [-0.25, -0.2) is 4.98 Å². The van der Waals surface area contributed by atoms with Gasteiger partial charge in [-0.05, 0) is 105 Å². The maximum absolute atomic E-state index is 12.7. The van der Waals surface area contributed by atoms with Crippen LogP contribution >= 0.6 is 12.2 Å². The summed E-state index contributed by atoms with van der Waals surface area (Å²) in [5.41, 5.74) is 14.2. The predicted molar refractivity (Wildman–Crippen MR) is 231 cm³/mol. The van der Waals surface area contributed by atoms with Crippen LogP contribution in [0.3, 0.4) is 0 Å². The van der Waals surface area contributed by atoms with Gasteiger partial charge in [-0.2, -0.15) is 18.3 Å². The molecule has 63 heavy (non-hydrogen) atoms. The molecule has 0 radical (unpaired) electrons. The van der Waals surface area contributed by atoms with Crippen LogP contribution in [0.25, 0.3) is 39.6 Å². The maximum Gasteiger partial charge on any atom is 2.00 e. The van der Waals surface area contributed by atoms with Crippen molar-refractivity contribution in [2.75, 3.05) is 4.90 Å². The summed E-state index contributed by atoms with van der Waals surface area (Å²) in [6, 6.07) is 24.6. The van der Waals surface area contributed by atoms with Gasteiger partial charge in [0.2, 0.25) is 0 Å². The summed E-state index contributed by atoms with van der Waals surface area (Å²) in [4.78, 5) is 50.7. The summed E-state index contributed by atoms with van der Waals surface area (Å²) in [5, 5.41) is 15.6. The molecule has 14 nitrogen and oxygen atoms in total. The van der Waals surface area contributed by atoms with Crippen molar-refractivity contribution in [1.29, 1.82) is 5.41 Å². The van der Waals surface area contributed by atoms with E-state index in [2.05, 4.69) is 44.3 Å². The summed E-state index contributed by atoms with van der Waals surface area (Å²) in [5.74, 6) is 0.760. The van der Waals surface area contributed by atoms with E-state index >= 15 is 0 Å². The Morgan fingerprint density at radius 1 is 0.667 bits per heavy atom. The molecule has 0 unspecified atom stereocenters. The summed E-state index contributed by atoms with van der Waals surface area (Å²) < 4.78 is 52.8. The number of isothiocyanates is 1. The Bertz CT molecular complexity index is 2500. The third-order valence-corrected chi connectivity index (χ3v) is 8.14. The minimum absolute atomic E-state index is 0. The molecule has 322 valence electrons. The molecule has 6 rings (SSSR count). The standard InChI is InChI=1S/C25H24F3N4.C18H11N3O6.CNS.Ru/c1-15-7-16(2)10-20(9-15)32(21-11-17(3)8-18(4)12-21)19-5-6-31-23(13-19)22(29)14-24(30)25(26,27)28;22-9-25-12-1-3-19-15(5-12)17-7-14(27-11-24)8-18(21-17)16-6-13(26-10-23)2-4-20-16;2-1-3;/h5-14,29-30H,1-4H3;1-11H;;/q-1;;-1;+2/b22-14-,30-24?;;;. The average Bonchev–Trinajstić information content (AvgIpc) is 3.21. The van der Waals surface area contributed by atoms with Gasteiger partial charge in [0.15, 0.2) is 0 Å². The molecule has 0 aliphatic carbocycles. The zero-order valence-electron chi connectivity index (χ0n) is 33.7. The van der Waals surface area contributed by atoms with E-state index in [-0.39, 0.29) is 48.9 Å². The Hall–Kier alpha value is -7.33. The average molecular weight is 962 g/mol. The number of aromatic nitrogens is 4. The largest absolute Gasteiger partial charge is 2.00 e. The molecular weight excluding hydrogens is 927 g/mol. The fourth-order valence-electron chi connectivity index (χ4n) is 5.86. The van der Waals surface area contributed by atoms with Crippen molar-refractivity contribution in [2.45, 2.75) is 33.9 Å². The molecule has 4 heterocycles. The molecule has 0 spiro atoms. The fraction of sp³-hybridized carbons (Fsp3) is 0.114. The number of allylic oxidation sites excluding steroid dienone is 1. The quantitative estimate of drug-likeness (QED) is 0.0497. The zero-order valence-corrected chi connectivity index (χ0v) is 36.2. The summed E-state index contributed by atoms with van der Waals surface area (Å²) in [6.45, 7) is 8.88. The van der Waals surface area contributed by atoms with Crippen LogP contribution < -0.4 is 19.1 Å². The van der Waals surface area contributed by atoms with Gasteiger partial charge in [0.25, 0.3) is 19.4 Å². The Kier molecular flexibility index (Phi) is 18.8. The number of thiocarbonyl (C=S) groups is 1. The molecule has 0 aliphatic rings. The monoisotopic (exact) mass is 962 g/mol. The van der Waals surface area contributed by atoms with Crippen molar-refractivity contribution >= 4 is 65.3 Å². The molecular formula is C44H35F3N8O6RuS. The number of halogens is 3. The van der Waals surface area contributed by atoms with Gasteiger partial charge in [0.1, 0.15) is 23.0 Å². The molecule has 2 N–H and O–H groups in total. The molecule has 0 atom stereocenters. The first kappa shape index (κ1) is 50.0. The first-order valence-electron chi connectivity index (χ1n) is 17.9. The number of alkyl halides is 3. The number of hydrogen-bond donors (Lipinski definition) is 1. The summed E-state index contributed by atoms with van der Waals surface area (Å²) >= 11 is 3.70. The van der Waals surface area contributed by atoms with Crippen LogP contribution in [-0.4, -0.2) is 56.4 Å². The van der Waals surface area contributed by atoms with Crippen LogP contribution in [0, 0.1) is 33.1 Å². The Labute approximate surface area is 377 Å².